The number of hydrogen-bond acceptors (Lipinski definition) is 3. The number of fused-ring (bicyclic) bond motifs is 3. The number of carboxylic acids is 1. The van der Waals surface area contributed by atoms with Crippen molar-refractivity contribution in [3.63, 3.8) is 0 Å². The maximum atomic E-state index is 11.3. The number of aromatic carboxylic acids is 1. The minimum Gasteiger partial charge on any atom is -0.507 e. The Hall–Kier alpha value is -4.12. The van der Waals surface area contributed by atoms with E-state index >= 15 is 0 Å². The molecule has 0 radical (unpaired) electrons. The van der Waals surface area contributed by atoms with Crippen LogP contribution in [0.3, 0.4) is 0 Å². The highest BCUT2D eigenvalue weighted by molar-refractivity contribution is 6.10. The Morgan fingerprint density at radius 1 is 0.871 bits per heavy atom. The molecule has 1 heterocycles. The van der Waals surface area contributed by atoms with E-state index in [1.54, 1.807) is 12.1 Å². The van der Waals surface area contributed by atoms with E-state index in [4.69, 9.17) is 4.98 Å². The maximum absolute atomic E-state index is 11.3. The predicted molar refractivity (Wildman–Crippen MR) is 123 cm³/mol. The third-order valence-electron chi connectivity index (χ3n) is 5.77. The highest BCUT2D eigenvalue weighted by Crippen LogP contribution is 2.34. The topological polar surface area (TPSA) is 86.2 Å². The van der Waals surface area contributed by atoms with Gasteiger partial charge >= 0.3 is 5.97 Å². The second-order valence-corrected chi connectivity index (χ2v) is 7.83. The fraction of sp³-hybridized carbons (Fsp3) is 0.0769. The molecular weight excluding hydrogens is 388 g/mol. The zero-order valence-corrected chi connectivity index (χ0v) is 17.1. The zero-order chi connectivity index (χ0) is 21.7. The fourth-order valence-corrected chi connectivity index (χ4v) is 3.94. The molecule has 31 heavy (non-hydrogen) atoms. The van der Waals surface area contributed by atoms with Crippen molar-refractivity contribution >= 4 is 27.8 Å². The number of phenols is 1. The lowest BCUT2D eigenvalue weighted by molar-refractivity contribution is 0.0696. The van der Waals surface area contributed by atoms with Crippen LogP contribution in [0.4, 0.5) is 0 Å². The molecule has 0 atom stereocenters. The van der Waals surface area contributed by atoms with Gasteiger partial charge in [-0.25, -0.2) is 9.78 Å². The molecule has 5 aromatic rings. The van der Waals surface area contributed by atoms with Gasteiger partial charge in [0.15, 0.2) is 0 Å². The van der Waals surface area contributed by atoms with Crippen LogP contribution in [-0.2, 0) is 0 Å². The van der Waals surface area contributed by atoms with E-state index in [1.165, 1.54) is 17.2 Å². The third-order valence-corrected chi connectivity index (χ3v) is 5.77. The molecule has 5 rings (SSSR count). The Labute approximate surface area is 178 Å². The number of H-pyrrole nitrogens is 1. The minimum absolute atomic E-state index is 0.0428. The van der Waals surface area contributed by atoms with Crippen molar-refractivity contribution in [2.45, 2.75) is 13.8 Å². The summed E-state index contributed by atoms with van der Waals surface area (Å²) < 4.78 is 0. The molecule has 4 aromatic carbocycles. The van der Waals surface area contributed by atoms with Gasteiger partial charge in [-0.2, -0.15) is 0 Å². The number of nitrogens with one attached hydrogen (secondary N) is 1. The first-order valence-electron chi connectivity index (χ1n) is 9.97. The van der Waals surface area contributed by atoms with Gasteiger partial charge in [0, 0.05) is 5.56 Å². The Balaban J connectivity index is 1.65. The summed E-state index contributed by atoms with van der Waals surface area (Å²) in [6, 6.07) is 21.0. The lowest BCUT2D eigenvalue weighted by Gasteiger charge is -2.07. The van der Waals surface area contributed by atoms with E-state index in [1.807, 2.05) is 18.2 Å². The third kappa shape index (κ3) is 3.20. The molecular formula is C26H20N2O3. The van der Waals surface area contributed by atoms with E-state index in [0.717, 1.165) is 22.2 Å². The second-order valence-electron chi connectivity index (χ2n) is 7.83. The molecule has 0 unspecified atom stereocenters. The van der Waals surface area contributed by atoms with Crippen LogP contribution in [0.2, 0.25) is 0 Å². The SMILES string of the molecule is Cc1ccc(-c2cccc(-c3nc4c(ccc5cc(C(=O)O)cc(O)c54)[nH]3)c2)cc1C. The summed E-state index contributed by atoms with van der Waals surface area (Å²) >= 11 is 0. The average Bonchev–Trinajstić information content (AvgIpc) is 3.20. The van der Waals surface area contributed by atoms with Crippen LogP contribution in [0.25, 0.3) is 44.3 Å². The molecule has 5 nitrogen and oxygen atoms in total. The maximum Gasteiger partial charge on any atom is 0.335 e. The van der Waals surface area contributed by atoms with E-state index in [9.17, 15) is 15.0 Å². The number of aryl methyl sites for hydroxylation is 2. The van der Waals surface area contributed by atoms with Crippen molar-refractivity contribution in [3.8, 4) is 28.3 Å². The van der Waals surface area contributed by atoms with Crippen LogP contribution in [0, 0.1) is 13.8 Å². The quantitative estimate of drug-likeness (QED) is 0.338. The molecule has 0 saturated heterocycles. The molecule has 1 aromatic heterocycles. The van der Waals surface area contributed by atoms with Crippen LogP contribution < -0.4 is 0 Å². The molecule has 0 aliphatic heterocycles. The van der Waals surface area contributed by atoms with Crippen LogP contribution in [0.15, 0.2) is 66.7 Å². The molecule has 0 fully saturated rings. The minimum atomic E-state index is -1.08. The van der Waals surface area contributed by atoms with Gasteiger partial charge in [0.05, 0.1) is 16.5 Å². The highest BCUT2D eigenvalue weighted by atomic mass is 16.4. The first-order chi connectivity index (χ1) is 14.9. The van der Waals surface area contributed by atoms with Crippen LogP contribution in [-0.4, -0.2) is 26.2 Å². The van der Waals surface area contributed by atoms with Gasteiger partial charge in [-0.05, 0) is 65.8 Å². The van der Waals surface area contributed by atoms with Gasteiger partial charge in [0.25, 0.3) is 0 Å². The number of phenolic OH excluding ortho intramolecular Hbond substituents is 1. The standard InChI is InChI=1S/C26H20N2O3/c1-14-6-7-17(10-15(14)2)16-4-3-5-19(11-16)25-27-21-9-8-18-12-20(26(30)31)13-22(29)23(18)24(21)28-25/h3-13,29H,1-2H3,(H,27,28)(H,30,31). The van der Waals surface area contributed by atoms with Crippen LogP contribution >= 0.6 is 0 Å². The smallest absolute Gasteiger partial charge is 0.335 e. The molecule has 0 saturated carbocycles. The number of imidazole rings is 1. The molecule has 0 aliphatic carbocycles. The molecule has 0 aliphatic rings. The van der Waals surface area contributed by atoms with Crippen molar-refractivity contribution in [2.24, 2.45) is 0 Å². The fourth-order valence-electron chi connectivity index (χ4n) is 3.94. The van der Waals surface area contributed by atoms with E-state index in [0.29, 0.717) is 22.1 Å². The first-order valence-corrected chi connectivity index (χ1v) is 9.97. The highest BCUT2D eigenvalue weighted by Gasteiger charge is 2.15. The van der Waals surface area contributed by atoms with Gasteiger partial charge in [-0.1, -0.05) is 42.5 Å². The second kappa shape index (κ2) is 6.99. The number of benzene rings is 4. The van der Waals surface area contributed by atoms with Gasteiger partial charge in [-0.15, -0.1) is 0 Å². The van der Waals surface area contributed by atoms with Crippen molar-refractivity contribution in [1.82, 2.24) is 9.97 Å². The number of aromatic nitrogens is 2. The summed E-state index contributed by atoms with van der Waals surface area (Å²) in [6.07, 6.45) is 0. The lowest BCUT2D eigenvalue weighted by Crippen LogP contribution is -1.95. The number of rotatable bonds is 3. The lowest BCUT2D eigenvalue weighted by atomic mass is 9.99. The number of hydrogen-bond donors (Lipinski definition) is 3. The Kier molecular flexibility index (Phi) is 4.26. The van der Waals surface area contributed by atoms with Crippen molar-refractivity contribution < 1.29 is 15.0 Å². The van der Waals surface area contributed by atoms with E-state index in [2.05, 4.69) is 49.2 Å². The Bertz CT molecular complexity index is 1500. The van der Waals surface area contributed by atoms with Gasteiger partial charge in [-0.3, -0.25) is 0 Å². The summed E-state index contributed by atoms with van der Waals surface area (Å²) in [7, 11) is 0. The largest absolute Gasteiger partial charge is 0.507 e. The summed E-state index contributed by atoms with van der Waals surface area (Å²) in [5.74, 6) is -0.486. The van der Waals surface area contributed by atoms with Gasteiger partial charge in [0.1, 0.15) is 17.1 Å². The number of carboxylic acid groups (broad SMARTS) is 1. The summed E-state index contributed by atoms with van der Waals surface area (Å²) in [4.78, 5) is 19.4. The number of nitrogens with zero attached hydrogens (tertiary/aromatic N) is 1. The van der Waals surface area contributed by atoms with Gasteiger partial charge in [0.2, 0.25) is 0 Å². The molecule has 0 spiro atoms. The van der Waals surface area contributed by atoms with Gasteiger partial charge < -0.3 is 15.2 Å². The number of carbonyl (C=O) groups is 1. The molecule has 152 valence electrons. The predicted octanol–water partition coefficient (Wildman–Crippen LogP) is 6.07. The first kappa shape index (κ1) is 18.9. The van der Waals surface area contributed by atoms with Crippen LogP contribution in [0.1, 0.15) is 21.5 Å². The van der Waals surface area contributed by atoms with Crippen LogP contribution in [0.5, 0.6) is 5.75 Å². The summed E-state index contributed by atoms with van der Waals surface area (Å²) in [5.41, 5.74) is 7.10. The van der Waals surface area contributed by atoms with E-state index in [-0.39, 0.29) is 11.3 Å². The number of aromatic amines is 1. The van der Waals surface area contributed by atoms with Crippen molar-refractivity contribution in [3.05, 3.63) is 83.4 Å². The summed E-state index contributed by atoms with van der Waals surface area (Å²) in [6.45, 7) is 4.21. The Morgan fingerprint density at radius 3 is 2.42 bits per heavy atom. The number of aromatic hydroxyl groups is 1. The van der Waals surface area contributed by atoms with E-state index < -0.39 is 5.97 Å². The normalized spacial score (nSPS) is 11.3. The average molecular weight is 408 g/mol. The monoisotopic (exact) mass is 408 g/mol. The molecule has 0 bridgehead atoms. The van der Waals surface area contributed by atoms with Crippen molar-refractivity contribution in [2.75, 3.05) is 0 Å². The Morgan fingerprint density at radius 2 is 1.65 bits per heavy atom. The molecule has 5 heteroatoms. The van der Waals surface area contributed by atoms with Crippen molar-refractivity contribution in [1.29, 1.82) is 0 Å². The molecule has 0 amide bonds. The molecule has 3 N–H and O–H groups in total. The summed E-state index contributed by atoms with van der Waals surface area (Å²) in [5, 5.41) is 20.9. The zero-order valence-electron chi connectivity index (χ0n) is 17.1.